The molecule has 2 aromatic heterocycles. The van der Waals surface area contributed by atoms with Gasteiger partial charge in [0.2, 0.25) is 11.8 Å². The highest BCUT2D eigenvalue weighted by Gasteiger charge is 2.34. The number of thiophene rings is 1. The lowest BCUT2D eigenvalue weighted by molar-refractivity contribution is -0.129. The van der Waals surface area contributed by atoms with Crippen LogP contribution in [0.25, 0.3) is 0 Å². The first-order chi connectivity index (χ1) is 12.5. The molecule has 3 heterocycles. The molecule has 0 spiro atoms. The predicted octanol–water partition coefficient (Wildman–Crippen LogP) is 1.03. The maximum absolute atomic E-state index is 12.2. The second-order valence-electron chi connectivity index (χ2n) is 5.63. The van der Waals surface area contributed by atoms with Gasteiger partial charge in [-0.15, -0.1) is 11.3 Å². The standard InChI is InChI=1S/C16H16N4O4S2/c21-13-7-10(8-20(13)9-11-3-1-5-24-11)14(22)18-19-16(25)17-15(23)12-4-2-6-26-12/h1-6,10H,7-9H2,(H,18,22)(H2,17,19,23,25). The minimum Gasteiger partial charge on any atom is -0.467 e. The van der Waals surface area contributed by atoms with Gasteiger partial charge in [-0.25, -0.2) is 0 Å². The molecule has 0 radical (unpaired) electrons. The van der Waals surface area contributed by atoms with E-state index in [0.717, 1.165) is 0 Å². The molecule has 2 aromatic rings. The van der Waals surface area contributed by atoms with Crippen molar-refractivity contribution in [2.24, 2.45) is 5.92 Å². The molecule has 0 bridgehead atoms. The average molecular weight is 392 g/mol. The largest absolute Gasteiger partial charge is 0.467 e. The Morgan fingerprint density at radius 3 is 2.85 bits per heavy atom. The normalized spacial score (nSPS) is 16.4. The number of nitrogens with zero attached hydrogens (tertiary/aromatic N) is 1. The van der Waals surface area contributed by atoms with Gasteiger partial charge in [-0.2, -0.15) is 0 Å². The lowest BCUT2D eigenvalue weighted by atomic mass is 10.1. The monoisotopic (exact) mass is 392 g/mol. The zero-order chi connectivity index (χ0) is 18.5. The summed E-state index contributed by atoms with van der Waals surface area (Å²) < 4.78 is 5.22. The molecule has 3 N–H and O–H groups in total. The third-order valence-corrected chi connectivity index (χ3v) is 4.86. The molecule has 0 saturated carbocycles. The van der Waals surface area contributed by atoms with Crippen molar-refractivity contribution in [2.75, 3.05) is 6.54 Å². The van der Waals surface area contributed by atoms with Crippen LogP contribution in [-0.2, 0) is 16.1 Å². The molecule has 26 heavy (non-hydrogen) atoms. The quantitative estimate of drug-likeness (QED) is 0.530. The summed E-state index contributed by atoms with van der Waals surface area (Å²) in [6.07, 6.45) is 1.65. The van der Waals surface area contributed by atoms with Crippen LogP contribution in [0.4, 0.5) is 0 Å². The van der Waals surface area contributed by atoms with Crippen LogP contribution in [0.2, 0.25) is 0 Å². The highest BCUT2D eigenvalue weighted by atomic mass is 32.1. The lowest BCUT2D eigenvalue weighted by Gasteiger charge is -2.15. The molecule has 0 aliphatic carbocycles. The molecule has 3 rings (SSSR count). The van der Waals surface area contributed by atoms with E-state index < -0.39 is 5.92 Å². The zero-order valence-electron chi connectivity index (χ0n) is 13.6. The van der Waals surface area contributed by atoms with E-state index in [1.807, 2.05) is 0 Å². The van der Waals surface area contributed by atoms with Crippen molar-refractivity contribution in [1.82, 2.24) is 21.1 Å². The Bertz CT molecular complexity index is 804. The first-order valence-electron chi connectivity index (χ1n) is 7.78. The highest BCUT2D eigenvalue weighted by molar-refractivity contribution is 7.80. The lowest BCUT2D eigenvalue weighted by Crippen LogP contribution is -2.50. The molecule has 1 aliphatic rings. The van der Waals surface area contributed by atoms with Crippen LogP contribution in [0.15, 0.2) is 40.3 Å². The van der Waals surface area contributed by atoms with Crippen LogP contribution in [0, 0.1) is 5.92 Å². The summed E-state index contributed by atoms with van der Waals surface area (Å²) >= 11 is 6.26. The van der Waals surface area contributed by atoms with E-state index in [2.05, 4.69) is 16.2 Å². The van der Waals surface area contributed by atoms with Gasteiger partial charge >= 0.3 is 0 Å². The molecule has 8 nitrogen and oxygen atoms in total. The third-order valence-electron chi connectivity index (χ3n) is 3.78. The van der Waals surface area contributed by atoms with Gasteiger partial charge in [0.15, 0.2) is 5.11 Å². The van der Waals surface area contributed by atoms with Crippen molar-refractivity contribution in [3.05, 3.63) is 46.5 Å². The Kier molecular flexibility index (Phi) is 5.64. The second kappa shape index (κ2) is 8.11. The first kappa shape index (κ1) is 18.1. The minimum atomic E-state index is -0.499. The van der Waals surface area contributed by atoms with Gasteiger partial charge in [0, 0.05) is 13.0 Å². The fraction of sp³-hybridized carbons (Fsp3) is 0.250. The van der Waals surface area contributed by atoms with Crippen molar-refractivity contribution in [3.63, 3.8) is 0 Å². The number of thiocarbonyl (C=S) groups is 1. The van der Waals surface area contributed by atoms with Crippen molar-refractivity contribution >= 4 is 46.4 Å². The summed E-state index contributed by atoms with van der Waals surface area (Å²) in [5, 5.41) is 4.22. The van der Waals surface area contributed by atoms with E-state index in [4.69, 9.17) is 16.6 Å². The van der Waals surface area contributed by atoms with E-state index in [1.54, 1.807) is 34.5 Å². The highest BCUT2D eigenvalue weighted by Crippen LogP contribution is 2.20. The van der Waals surface area contributed by atoms with Crippen LogP contribution in [0.5, 0.6) is 0 Å². The Morgan fingerprint density at radius 2 is 2.15 bits per heavy atom. The van der Waals surface area contributed by atoms with Crippen molar-refractivity contribution in [2.45, 2.75) is 13.0 Å². The number of hydrogen-bond acceptors (Lipinski definition) is 6. The summed E-state index contributed by atoms with van der Waals surface area (Å²) in [6.45, 7) is 0.625. The van der Waals surface area contributed by atoms with Gasteiger partial charge in [-0.3, -0.25) is 30.6 Å². The summed E-state index contributed by atoms with van der Waals surface area (Å²) in [7, 11) is 0. The molecule has 1 fully saturated rings. The summed E-state index contributed by atoms with van der Waals surface area (Å²) in [5.41, 5.74) is 4.91. The maximum Gasteiger partial charge on any atom is 0.267 e. The number of furan rings is 1. The number of carbonyl (C=O) groups excluding carboxylic acids is 3. The fourth-order valence-electron chi connectivity index (χ4n) is 2.52. The number of hydrogen-bond donors (Lipinski definition) is 3. The van der Waals surface area contributed by atoms with E-state index in [1.165, 1.54) is 17.6 Å². The number of hydrazine groups is 1. The van der Waals surface area contributed by atoms with E-state index >= 15 is 0 Å². The first-order valence-corrected chi connectivity index (χ1v) is 9.06. The Labute approximate surface area is 158 Å². The summed E-state index contributed by atoms with van der Waals surface area (Å²) in [6, 6.07) is 6.94. The van der Waals surface area contributed by atoms with Crippen molar-refractivity contribution in [1.29, 1.82) is 0 Å². The van der Waals surface area contributed by atoms with E-state index in [-0.39, 0.29) is 29.3 Å². The van der Waals surface area contributed by atoms with Crippen LogP contribution in [-0.4, -0.2) is 34.3 Å². The molecule has 3 amide bonds. The summed E-state index contributed by atoms with van der Waals surface area (Å²) in [5.74, 6) is -0.675. The van der Waals surface area contributed by atoms with Crippen molar-refractivity contribution < 1.29 is 18.8 Å². The second-order valence-corrected chi connectivity index (χ2v) is 6.99. The van der Waals surface area contributed by atoms with Gasteiger partial charge in [0.25, 0.3) is 5.91 Å². The number of rotatable bonds is 4. The number of likely N-dealkylation sites (tertiary alicyclic amines) is 1. The molecule has 1 aliphatic heterocycles. The summed E-state index contributed by atoms with van der Waals surface area (Å²) in [4.78, 5) is 38.2. The van der Waals surface area contributed by atoms with Crippen LogP contribution < -0.4 is 16.2 Å². The zero-order valence-corrected chi connectivity index (χ0v) is 15.2. The van der Waals surface area contributed by atoms with E-state index in [9.17, 15) is 14.4 Å². The predicted molar refractivity (Wildman–Crippen MR) is 97.9 cm³/mol. The maximum atomic E-state index is 12.2. The van der Waals surface area contributed by atoms with Crippen LogP contribution >= 0.6 is 23.6 Å². The molecule has 136 valence electrons. The van der Waals surface area contributed by atoms with Gasteiger partial charge in [0.05, 0.1) is 23.6 Å². The molecule has 1 saturated heterocycles. The fourth-order valence-corrected chi connectivity index (χ4v) is 3.28. The van der Waals surface area contributed by atoms with Gasteiger partial charge in [-0.05, 0) is 35.8 Å². The Balaban J connectivity index is 1.44. The van der Waals surface area contributed by atoms with Gasteiger partial charge in [-0.1, -0.05) is 6.07 Å². The topological polar surface area (TPSA) is 104 Å². The molecular weight excluding hydrogens is 376 g/mol. The SMILES string of the molecule is O=C(NC(=S)NNC(=O)C1CC(=O)N(Cc2ccco2)C1)c1cccs1. The number of amides is 3. The van der Waals surface area contributed by atoms with Crippen LogP contribution in [0.1, 0.15) is 21.9 Å². The average Bonchev–Trinajstić information content (AvgIpc) is 3.35. The molecule has 1 unspecified atom stereocenters. The minimum absolute atomic E-state index is 0.0199. The van der Waals surface area contributed by atoms with Crippen LogP contribution in [0.3, 0.4) is 0 Å². The molecule has 0 aromatic carbocycles. The van der Waals surface area contributed by atoms with E-state index in [0.29, 0.717) is 23.7 Å². The number of carbonyl (C=O) groups is 3. The number of nitrogens with one attached hydrogen (secondary N) is 3. The molecule has 1 atom stereocenters. The van der Waals surface area contributed by atoms with Crippen molar-refractivity contribution in [3.8, 4) is 0 Å². The third kappa shape index (κ3) is 4.46. The Morgan fingerprint density at radius 1 is 1.31 bits per heavy atom. The molecular formula is C16H16N4O4S2. The smallest absolute Gasteiger partial charge is 0.267 e. The van der Waals surface area contributed by atoms with Gasteiger partial charge in [0.1, 0.15) is 5.76 Å². The Hall–Kier alpha value is -2.72. The molecule has 10 heteroatoms. The van der Waals surface area contributed by atoms with Gasteiger partial charge < -0.3 is 9.32 Å².